The van der Waals surface area contributed by atoms with Crippen molar-refractivity contribution in [3.8, 4) is 0 Å². The SMILES string of the molecule is Cc1c(NN)ncnc1NCC(O)C(C)C. The predicted molar refractivity (Wildman–Crippen MR) is 63.9 cm³/mol. The van der Waals surface area contributed by atoms with Gasteiger partial charge in [-0.1, -0.05) is 13.8 Å². The zero-order chi connectivity index (χ0) is 12.1. The molecule has 0 saturated heterocycles. The van der Waals surface area contributed by atoms with Crippen molar-refractivity contribution in [3.63, 3.8) is 0 Å². The van der Waals surface area contributed by atoms with E-state index in [9.17, 15) is 5.11 Å². The van der Waals surface area contributed by atoms with Gasteiger partial charge in [-0.15, -0.1) is 0 Å². The van der Waals surface area contributed by atoms with Gasteiger partial charge in [0.1, 0.15) is 18.0 Å². The maximum atomic E-state index is 9.66. The number of aromatic nitrogens is 2. The van der Waals surface area contributed by atoms with Gasteiger partial charge in [0.15, 0.2) is 0 Å². The Labute approximate surface area is 95.3 Å². The van der Waals surface area contributed by atoms with Crippen LogP contribution in [0.4, 0.5) is 11.6 Å². The van der Waals surface area contributed by atoms with Crippen LogP contribution in [0.1, 0.15) is 19.4 Å². The number of nitrogens with zero attached hydrogens (tertiary/aromatic N) is 2. The monoisotopic (exact) mass is 225 g/mol. The van der Waals surface area contributed by atoms with Gasteiger partial charge in [-0.25, -0.2) is 15.8 Å². The third kappa shape index (κ3) is 3.04. The lowest BCUT2D eigenvalue weighted by atomic mass is 10.1. The van der Waals surface area contributed by atoms with Crippen molar-refractivity contribution in [2.75, 3.05) is 17.3 Å². The lowest BCUT2D eigenvalue weighted by Gasteiger charge is -2.16. The fourth-order valence-electron chi connectivity index (χ4n) is 1.21. The second-order valence-electron chi connectivity index (χ2n) is 4.03. The molecular formula is C10H19N5O. The first-order valence-electron chi connectivity index (χ1n) is 5.26. The van der Waals surface area contributed by atoms with E-state index < -0.39 is 6.10 Å². The maximum absolute atomic E-state index is 9.66. The second-order valence-corrected chi connectivity index (χ2v) is 4.03. The molecule has 0 radical (unpaired) electrons. The minimum atomic E-state index is -0.399. The highest BCUT2D eigenvalue weighted by Gasteiger charge is 2.11. The Morgan fingerprint density at radius 3 is 2.56 bits per heavy atom. The topological polar surface area (TPSA) is 96.1 Å². The molecule has 0 fully saturated rings. The molecule has 1 unspecified atom stereocenters. The quantitative estimate of drug-likeness (QED) is 0.430. The highest BCUT2D eigenvalue weighted by atomic mass is 16.3. The molecule has 0 aliphatic heterocycles. The third-order valence-corrected chi connectivity index (χ3v) is 2.47. The molecule has 0 saturated carbocycles. The Morgan fingerprint density at radius 2 is 2.00 bits per heavy atom. The van der Waals surface area contributed by atoms with Crippen LogP contribution in [0.5, 0.6) is 0 Å². The van der Waals surface area contributed by atoms with E-state index in [1.54, 1.807) is 0 Å². The zero-order valence-corrected chi connectivity index (χ0v) is 9.86. The highest BCUT2D eigenvalue weighted by Crippen LogP contribution is 2.17. The lowest BCUT2D eigenvalue weighted by Crippen LogP contribution is -2.25. The summed E-state index contributed by atoms with van der Waals surface area (Å²) >= 11 is 0. The number of hydrogen-bond acceptors (Lipinski definition) is 6. The Bertz CT molecular complexity index is 342. The molecule has 1 aromatic heterocycles. The summed E-state index contributed by atoms with van der Waals surface area (Å²) in [6.07, 6.45) is 1.02. The van der Waals surface area contributed by atoms with E-state index in [0.29, 0.717) is 18.2 Å². The Balaban J connectivity index is 2.67. The molecule has 16 heavy (non-hydrogen) atoms. The second kappa shape index (κ2) is 5.62. The summed E-state index contributed by atoms with van der Waals surface area (Å²) in [5, 5.41) is 12.7. The molecule has 1 atom stereocenters. The molecule has 1 heterocycles. The van der Waals surface area contributed by atoms with Gasteiger partial charge >= 0.3 is 0 Å². The van der Waals surface area contributed by atoms with Crippen molar-refractivity contribution >= 4 is 11.6 Å². The molecule has 1 rings (SSSR count). The number of aliphatic hydroxyl groups excluding tert-OH is 1. The summed E-state index contributed by atoms with van der Waals surface area (Å²) in [6, 6.07) is 0. The largest absolute Gasteiger partial charge is 0.391 e. The van der Waals surface area contributed by atoms with Gasteiger partial charge in [-0.05, 0) is 12.8 Å². The number of aliphatic hydroxyl groups is 1. The molecule has 1 aromatic rings. The van der Waals surface area contributed by atoms with Gasteiger partial charge in [0, 0.05) is 12.1 Å². The van der Waals surface area contributed by atoms with Crippen molar-refractivity contribution in [3.05, 3.63) is 11.9 Å². The van der Waals surface area contributed by atoms with Crippen LogP contribution in [0.25, 0.3) is 0 Å². The van der Waals surface area contributed by atoms with Gasteiger partial charge < -0.3 is 15.8 Å². The van der Waals surface area contributed by atoms with Crippen LogP contribution in [0.3, 0.4) is 0 Å². The summed E-state index contributed by atoms with van der Waals surface area (Å²) in [6.45, 7) is 6.25. The van der Waals surface area contributed by atoms with Crippen LogP contribution >= 0.6 is 0 Å². The molecule has 0 aliphatic carbocycles. The summed E-state index contributed by atoms with van der Waals surface area (Å²) in [7, 11) is 0. The molecule has 0 aromatic carbocycles. The Hall–Kier alpha value is -1.40. The molecule has 5 N–H and O–H groups in total. The average molecular weight is 225 g/mol. The minimum Gasteiger partial charge on any atom is -0.391 e. The average Bonchev–Trinajstić information content (AvgIpc) is 2.27. The first-order chi connectivity index (χ1) is 7.56. The first kappa shape index (κ1) is 12.7. The number of nitrogen functional groups attached to an aromatic ring is 1. The zero-order valence-electron chi connectivity index (χ0n) is 9.86. The Morgan fingerprint density at radius 1 is 1.38 bits per heavy atom. The highest BCUT2D eigenvalue weighted by molar-refractivity contribution is 5.55. The van der Waals surface area contributed by atoms with Crippen LogP contribution in [0.2, 0.25) is 0 Å². The van der Waals surface area contributed by atoms with Gasteiger partial charge in [0.05, 0.1) is 6.10 Å². The number of nitrogens with two attached hydrogens (primary N) is 1. The lowest BCUT2D eigenvalue weighted by molar-refractivity contribution is 0.138. The standard InChI is InChI=1S/C10H19N5O/c1-6(2)8(16)4-12-9-7(3)10(15-11)14-5-13-9/h5-6,8,16H,4,11H2,1-3H3,(H2,12,13,14,15). The van der Waals surface area contributed by atoms with Crippen LogP contribution in [-0.2, 0) is 0 Å². The molecule has 90 valence electrons. The van der Waals surface area contributed by atoms with Gasteiger partial charge in [-0.2, -0.15) is 0 Å². The molecule has 0 bridgehead atoms. The maximum Gasteiger partial charge on any atom is 0.148 e. The number of anilines is 2. The van der Waals surface area contributed by atoms with E-state index >= 15 is 0 Å². The van der Waals surface area contributed by atoms with Crippen LogP contribution < -0.4 is 16.6 Å². The molecular weight excluding hydrogens is 206 g/mol. The fraction of sp³-hybridized carbons (Fsp3) is 0.600. The molecule has 6 nitrogen and oxygen atoms in total. The fourth-order valence-corrected chi connectivity index (χ4v) is 1.21. The van der Waals surface area contributed by atoms with Crippen LogP contribution in [-0.4, -0.2) is 27.7 Å². The summed E-state index contributed by atoms with van der Waals surface area (Å²) in [5.41, 5.74) is 3.33. The van der Waals surface area contributed by atoms with E-state index in [2.05, 4.69) is 20.7 Å². The van der Waals surface area contributed by atoms with E-state index in [1.807, 2.05) is 20.8 Å². The van der Waals surface area contributed by atoms with E-state index in [4.69, 9.17) is 5.84 Å². The molecule has 0 aliphatic rings. The third-order valence-electron chi connectivity index (χ3n) is 2.47. The van der Waals surface area contributed by atoms with Gasteiger partial charge in [-0.3, -0.25) is 0 Å². The molecule has 0 spiro atoms. The minimum absolute atomic E-state index is 0.210. The summed E-state index contributed by atoms with van der Waals surface area (Å²) < 4.78 is 0. The number of nitrogens with one attached hydrogen (secondary N) is 2. The Kier molecular flexibility index (Phi) is 4.45. The summed E-state index contributed by atoms with van der Waals surface area (Å²) in [5.74, 6) is 6.78. The summed E-state index contributed by atoms with van der Waals surface area (Å²) in [4.78, 5) is 8.06. The van der Waals surface area contributed by atoms with Gasteiger partial charge in [0.2, 0.25) is 0 Å². The molecule has 0 amide bonds. The predicted octanol–water partition coefficient (Wildman–Crippen LogP) is 0.499. The van der Waals surface area contributed by atoms with E-state index in [0.717, 1.165) is 5.56 Å². The van der Waals surface area contributed by atoms with E-state index in [1.165, 1.54) is 6.33 Å². The van der Waals surface area contributed by atoms with Crippen molar-refractivity contribution in [2.24, 2.45) is 11.8 Å². The number of rotatable bonds is 5. The van der Waals surface area contributed by atoms with Crippen molar-refractivity contribution in [2.45, 2.75) is 26.9 Å². The van der Waals surface area contributed by atoms with E-state index in [-0.39, 0.29) is 5.92 Å². The normalized spacial score (nSPS) is 12.6. The first-order valence-corrected chi connectivity index (χ1v) is 5.26. The van der Waals surface area contributed by atoms with Crippen LogP contribution in [0, 0.1) is 12.8 Å². The van der Waals surface area contributed by atoms with Gasteiger partial charge in [0.25, 0.3) is 0 Å². The van der Waals surface area contributed by atoms with Crippen molar-refractivity contribution in [1.29, 1.82) is 0 Å². The van der Waals surface area contributed by atoms with Crippen molar-refractivity contribution < 1.29 is 5.11 Å². The van der Waals surface area contributed by atoms with Crippen molar-refractivity contribution in [1.82, 2.24) is 9.97 Å². The molecule has 6 heteroatoms. The smallest absolute Gasteiger partial charge is 0.148 e. The van der Waals surface area contributed by atoms with Crippen LogP contribution in [0.15, 0.2) is 6.33 Å². The number of hydrazine groups is 1. The number of hydrogen-bond donors (Lipinski definition) is 4.